The lowest BCUT2D eigenvalue weighted by Gasteiger charge is -2.04. The molecule has 0 aliphatic rings. The minimum atomic E-state index is -0.447. The molecule has 0 atom stereocenters. The van der Waals surface area contributed by atoms with E-state index in [1.807, 2.05) is 6.92 Å². The van der Waals surface area contributed by atoms with Gasteiger partial charge in [-0.05, 0) is 19.1 Å². The normalized spacial score (nSPS) is 9.62. The van der Waals surface area contributed by atoms with Gasteiger partial charge in [-0.2, -0.15) is 0 Å². The van der Waals surface area contributed by atoms with Crippen molar-refractivity contribution in [2.45, 2.75) is 11.8 Å². The van der Waals surface area contributed by atoms with E-state index in [1.54, 1.807) is 24.3 Å². The summed E-state index contributed by atoms with van der Waals surface area (Å²) in [5.41, 5.74) is 0. The smallest absolute Gasteiger partial charge is 0.269 e. The maximum Gasteiger partial charge on any atom is 0.269 e. The molecule has 0 saturated carbocycles. The van der Waals surface area contributed by atoms with Gasteiger partial charge in [0.25, 0.3) is 11.9 Å². The Kier molecular flexibility index (Phi) is 3.57. The van der Waals surface area contributed by atoms with Crippen LogP contribution in [0.2, 0.25) is 0 Å². The molecule has 0 aliphatic heterocycles. The summed E-state index contributed by atoms with van der Waals surface area (Å²) < 4.78 is 4.77. The number of benzene rings is 1. The minimum absolute atomic E-state index is 0.447. The number of hydrogen-bond donors (Lipinski definition) is 0. The topological polar surface area (TPSA) is 52.4 Å². The quantitative estimate of drug-likeness (QED) is 0.424. The first-order chi connectivity index (χ1) is 6.24. The number of rotatable bonds is 4. The van der Waals surface area contributed by atoms with Gasteiger partial charge in [0.2, 0.25) is 0 Å². The number of para-hydroxylation sites is 1. The van der Waals surface area contributed by atoms with Gasteiger partial charge in [0.15, 0.2) is 0 Å². The first-order valence-corrected chi connectivity index (χ1v) is 4.55. The van der Waals surface area contributed by atoms with Crippen molar-refractivity contribution >= 4 is 11.9 Å². The van der Waals surface area contributed by atoms with Gasteiger partial charge in [-0.3, -0.25) is 10.1 Å². The van der Waals surface area contributed by atoms with E-state index in [0.717, 1.165) is 0 Å². The van der Waals surface area contributed by atoms with Gasteiger partial charge in [0.05, 0.1) is 6.61 Å². The van der Waals surface area contributed by atoms with Crippen LogP contribution in [0.4, 0.5) is 0 Å². The lowest BCUT2D eigenvalue weighted by Crippen LogP contribution is -1.94. The van der Waals surface area contributed by atoms with Crippen molar-refractivity contribution in [2.24, 2.45) is 0 Å². The van der Waals surface area contributed by atoms with E-state index < -0.39 is 4.33 Å². The molecule has 5 heteroatoms. The molecule has 13 heavy (non-hydrogen) atoms. The third-order valence-corrected chi connectivity index (χ3v) is 2.00. The summed E-state index contributed by atoms with van der Waals surface area (Å²) in [6.45, 7) is 2.35. The van der Waals surface area contributed by atoms with Crippen LogP contribution in [0.1, 0.15) is 6.92 Å². The zero-order valence-corrected chi connectivity index (χ0v) is 7.91. The molecule has 0 amide bonds. The summed E-state index contributed by atoms with van der Waals surface area (Å²) in [5.74, 6) is 0.562. The Labute approximate surface area is 80.2 Å². The van der Waals surface area contributed by atoms with Gasteiger partial charge in [-0.25, -0.2) is 0 Å². The minimum Gasteiger partial charge on any atom is -0.492 e. The highest BCUT2D eigenvalue weighted by molar-refractivity contribution is 7.93. The zero-order chi connectivity index (χ0) is 9.68. The van der Waals surface area contributed by atoms with Gasteiger partial charge in [0, 0.05) is 0 Å². The molecule has 0 saturated heterocycles. The van der Waals surface area contributed by atoms with Crippen LogP contribution in [0.25, 0.3) is 0 Å². The van der Waals surface area contributed by atoms with Crippen LogP contribution in [-0.2, 0) is 0 Å². The molecule has 0 aliphatic carbocycles. The Morgan fingerprint density at radius 2 is 2.23 bits per heavy atom. The van der Waals surface area contributed by atoms with Crippen LogP contribution in [0.3, 0.4) is 0 Å². The predicted molar refractivity (Wildman–Crippen MR) is 50.5 cm³/mol. The van der Waals surface area contributed by atoms with Crippen molar-refractivity contribution in [1.82, 2.24) is 0 Å². The second-order valence-electron chi connectivity index (χ2n) is 2.19. The molecule has 0 fully saturated rings. The van der Waals surface area contributed by atoms with E-state index in [1.165, 1.54) is 0 Å². The summed E-state index contributed by atoms with van der Waals surface area (Å²) in [5, 5.41) is 10.2. The fourth-order valence-corrected chi connectivity index (χ4v) is 1.40. The fourth-order valence-electron chi connectivity index (χ4n) is 0.881. The van der Waals surface area contributed by atoms with Crippen LogP contribution in [-0.4, -0.2) is 10.9 Å². The average molecular weight is 199 g/mol. The molecule has 0 N–H and O–H groups in total. The van der Waals surface area contributed by atoms with Crippen molar-refractivity contribution in [3.8, 4) is 5.75 Å². The number of ether oxygens (including phenoxy) is 1. The Morgan fingerprint density at radius 1 is 1.54 bits per heavy atom. The predicted octanol–water partition coefficient (Wildman–Crippen LogP) is 2.37. The Morgan fingerprint density at radius 3 is 2.85 bits per heavy atom. The van der Waals surface area contributed by atoms with Crippen LogP contribution in [0.15, 0.2) is 29.2 Å². The Bertz CT molecular complexity index is 303. The van der Waals surface area contributed by atoms with Crippen LogP contribution >= 0.6 is 11.9 Å². The molecule has 1 aromatic carbocycles. The van der Waals surface area contributed by atoms with Gasteiger partial charge in [-0.15, -0.1) is 0 Å². The summed E-state index contributed by atoms with van der Waals surface area (Å²) >= 11 is 0.562. The third kappa shape index (κ3) is 2.95. The Hall–Kier alpha value is -1.23. The molecular weight excluding hydrogens is 190 g/mol. The molecule has 70 valence electrons. The molecule has 0 bridgehead atoms. The van der Waals surface area contributed by atoms with Gasteiger partial charge < -0.3 is 4.74 Å². The van der Waals surface area contributed by atoms with E-state index in [2.05, 4.69) is 0 Å². The maximum absolute atomic E-state index is 10.2. The Balaban J connectivity index is 2.84. The largest absolute Gasteiger partial charge is 0.492 e. The molecule has 0 spiro atoms. The monoisotopic (exact) mass is 199 g/mol. The lowest BCUT2D eigenvalue weighted by atomic mass is 10.3. The lowest BCUT2D eigenvalue weighted by molar-refractivity contribution is -0.284. The second kappa shape index (κ2) is 4.71. The molecule has 0 aromatic heterocycles. The summed E-state index contributed by atoms with van der Waals surface area (Å²) in [6.07, 6.45) is 0. The summed E-state index contributed by atoms with van der Waals surface area (Å²) in [4.78, 5) is 10.8. The van der Waals surface area contributed by atoms with Gasteiger partial charge >= 0.3 is 0 Å². The van der Waals surface area contributed by atoms with Crippen LogP contribution < -0.4 is 4.74 Å². The van der Waals surface area contributed by atoms with Crippen molar-refractivity contribution in [1.29, 1.82) is 0 Å². The van der Waals surface area contributed by atoms with Crippen molar-refractivity contribution in [3.63, 3.8) is 0 Å². The molecule has 4 nitrogen and oxygen atoms in total. The molecular formula is C8H9NO3S. The fraction of sp³-hybridized carbons (Fsp3) is 0.250. The first-order valence-electron chi connectivity index (χ1n) is 3.78. The van der Waals surface area contributed by atoms with Crippen molar-refractivity contribution < 1.29 is 9.07 Å². The van der Waals surface area contributed by atoms with Gasteiger partial charge in [0.1, 0.15) is 15.0 Å². The van der Waals surface area contributed by atoms with E-state index >= 15 is 0 Å². The summed E-state index contributed by atoms with van der Waals surface area (Å²) in [7, 11) is 0. The van der Waals surface area contributed by atoms with E-state index in [4.69, 9.17) is 4.74 Å². The second-order valence-corrected chi connectivity index (χ2v) is 3.12. The first kappa shape index (κ1) is 9.85. The molecule has 1 rings (SSSR count). The highest BCUT2D eigenvalue weighted by Crippen LogP contribution is 2.28. The van der Waals surface area contributed by atoms with Crippen molar-refractivity contribution in [3.05, 3.63) is 34.4 Å². The molecule has 0 unspecified atom stereocenters. The van der Waals surface area contributed by atoms with Crippen molar-refractivity contribution in [2.75, 3.05) is 6.61 Å². The molecule has 0 heterocycles. The summed E-state index contributed by atoms with van der Waals surface area (Å²) in [6, 6.07) is 6.91. The highest BCUT2D eigenvalue weighted by atomic mass is 32.2. The maximum atomic E-state index is 10.2. The zero-order valence-electron chi connectivity index (χ0n) is 7.10. The van der Waals surface area contributed by atoms with E-state index in [9.17, 15) is 10.1 Å². The van der Waals surface area contributed by atoms with E-state index in [0.29, 0.717) is 29.2 Å². The SMILES string of the molecule is CCOc1ccccc1S[N+](=O)[O-]. The standard InChI is InChI=1S/C8H9NO3S/c1-2-12-7-5-3-4-6-8(7)13-9(10)11/h3-6H,2H2,1H3. The van der Waals surface area contributed by atoms with Crippen LogP contribution in [0, 0.1) is 10.1 Å². The highest BCUT2D eigenvalue weighted by Gasteiger charge is 2.10. The average Bonchev–Trinajstić information content (AvgIpc) is 2.08. The molecule has 1 aromatic rings. The number of hydrogen-bond acceptors (Lipinski definition) is 4. The molecule has 0 radical (unpaired) electrons. The number of nitrogens with zero attached hydrogens (tertiary/aromatic N) is 1. The van der Waals surface area contributed by atoms with Gasteiger partial charge in [-0.1, -0.05) is 12.1 Å². The van der Waals surface area contributed by atoms with Crippen LogP contribution in [0.5, 0.6) is 5.75 Å². The van der Waals surface area contributed by atoms with E-state index in [-0.39, 0.29) is 0 Å². The third-order valence-electron chi connectivity index (χ3n) is 1.32. The number of nitro groups is 1.